The van der Waals surface area contributed by atoms with Crippen LogP contribution in [0.15, 0.2) is 65.2 Å². The van der Waals surface area contributed by atoms with Gasteiger partial charge in [0.05, 0.1) is 0 Å². The molecule has 1 amide bonds. The lowest BCUT2D eigenvalue weighted by molar-refractivity contribution is 0.0403. The Morgan fingerprint density at radius 2 is 1.82 bits per heavy atom. The van der Waals surface area contributed by atoms with E-state index in [2.05, 4.69) is 49.2 Å². The van der Waals surface area contributed by atoms with Crippen LogP contribution in [0.3, 0.4) is 0 Å². The highest BCUT2D eigenvalue weighted by Gasteiger charge is 2.21. The molecular formula is C28H38N2O3. The summed E-state index contributed by atoms with van der Waals surface area (Å²) in [5.41, 5.74) is 4.21. The molecule has 2 aromatic rings. The molecule has 0 spiro atoms. The minimum absolute atomic E-state index is 0.410. The first-order chi connectivity index (χ1) is 15.6. The Hall–Kier alpha value is -3.08. The maximum absolute atomic E-state index is 12.4. The van der Waals surface area contributed by atoms with E-state index in [0.29, 0.717) is 12.4 Å². The number of nitrogens with zero attached hydrogens (tertiary/aromatic N) is 2. The van der Waals surface area contributed by atoms with Crippen molar-refractivity contribution in [1.82, 2.24) is 4.90 Å². The zero-order valence-electron chi connectivity index (χ0n) is 21.1. The van der Waals surface area contributed by atoms with Gasteiger partial charge in [-0.3, -0.25) is 9.89 Å². The minimum atomic E-state index is -0.545. The number of hydrogen-bond donors (Lipinski definition) is 0. The lowest BCUT2D eigenvalue weighted by atomic mass is 10.0. The lowest BCUT2D eigenvalue weighted by Crippen LogP contribution is -2.37. The fraction of sp³-hybridized carbons (Fsp3) is 0.429. The molecule has 178 valence electrons. The predicted octanol–water partition coefficient (Wildman–Crippen LogP) is 6.74. The van der Waals surface area contributed by atoms with Gasteiger partial charge in [-0.1, -0.05) is 53.6 Å². The van der Waals surface area contributed by atoms with Crippen molar-refractivity contribution in [3.63, 3.8) is 0 Å². The van der Waals surface area contributed by atoms with E-state index in [-0.39, 0.29) is 0 Å². The van der Waals surface area contributed by atoms with Crippen LogP contribution in [0.25, 0.3) is 0 Å². The Labute approximate surface area is 199 Å². The van der Waals surface area contributed by atoms with Crippen LogP contribution in [0.4, 0.5) is 4.79 Å². The standard InChI is InChI=1S/C28H38N2O3/c1-21(19-26(29-6)30(7)27(31)33-28(3,4)5)12-11-15-24-18-22(2)16-17-25(24)32-20-23-13-9-8-10-14-23/h8-10,13-14,16-19H,11-12,15,20H2,1-7H3/b21-19-,29-26?. The second-order valence-electron chi connectivity index (χ2n) is 9.35. The van der Waals surface area contributed by atoms with E-state index >= 15 is 0 Å². The zero-order valence-corrected chi connectivity index (χ0v) is 21.1. The number of hydrogen-bond acceptors (Lipinski definition) is 4. The summed E-state index contributed by atoms with van der Waals surface area (Å²) in [6, 6.07) is 16.6. The number of carbonyl (C=O) groups is 1. The van der Waals surface area contributed by atoms with Gasteiger partial charge in [0, 0.05) is 14.1 Å². The molecule has 0 saturated carbocycles. The number of carbonyl (C=O) groups excluding carboxylic acids is 1. The van der Waals surface area contributed by atoms with Crippen LogP contribution in [-0.2, 0) is 17.8 Å². The molecule has 2 rings (SSSR count). The summed E-state index contributed by atoms with van der Waals surface area (Å²) in [4.78, 5) is 18.1. The van der Waals surface area contributed by atoms with Gasteiger partial charge in [-0.25, -0.2) is 4.79 Å². The van der Waals surface area contributed by atoms with Gasteiger partial charge >= 0.3 is 6.09 Å². The van der Waals surface area contributed by atoms with Gasteiger partial charge in [0.1, 0.15) is 23.8 Å². The molecule has 0 aliphatic heterocycles. The molecule has 0 aliphatic rings. The monoisotopic (exact) mass is 450 g/mol. The Balaban J connectivity index is 1.97. The summed E-state index contributed by atoms with van der Waals surface area (Å²) < 4.78 is 11.6. The van der Waals surface area contributed by atoms with Gasteiger partial charge in [-0.15, -0.1) is 0 Å². The second-order valence-corrected chi connectivity index (χ2v) is 9.35. The predicted molar refractivity (Wildman–Crippen MR) is 136 cm³/mol. The molecule has 0 radical (unpaired) electrons. The quantitative estimate of drug-likeness (QED) is 0.331. The number of aliphatic imine (C=N–C) groups is 1. The second kappa shape index (κ2) is 12.2. The highest BCUT2D eigenvalue weighted by atomic mass is 16.6. The van der Waals surface area contributed by atoms with Gasteiger partial charge in [0.25, 0.3) is 0 Å². The van der Waals surface area contributed by atoms with Crippen LogP contribution in [0.2, 0.25) is 0 Å². The van der Waals surface area contributed by atoms with Crippen LogP contribution in [0.1, 0.15) is 57.2 Å². The number of amidine groups is 1. The van der Waals surface area contributed by atoms with E-state index in [1.165, 1.54) is 16.0 Å². The first-order valence-corrected chi connectivity index (χ1v) is 11.5. The van der Waals surface area contributed by atoms with Crippen molar-refractivity contribution < 1.29 is 14.3 Å². The molecular weight excluding hydrogens is 412 g/mol. The molecule has 5 heteroatoms. The van der Waals surface area contributed by atoms with Crippen molar-refractivity contribution >= 4 is 11.9 Å². The molecule has 0 aliphatic carbocycles. The molecule has 0 unspecified atom stereocenters. The summed E-state index contributed by atoms with van der Waals surface area (Å²) in [6.07, 6.45) is 4.32. The van der Waals surface area contributed by atoms with E-state index in [4.69, 9.17) is 9.47 Å². The van der Waals surface area contributed by atoms with Gasteiger partial charge in [-0.05, 0) is 77.2 Å². The Kier molecular flexibility index (Phi) is 9.71. The maximum Gasteiger partial charge on any atom is 0.415 e. The van der Waals surface area contributed by atoms with Gasteiger partial charge in [0.2, 0.25) is 0 Å². The van der Waals surface area contributed by atoms with E-state index in [1.54, 1.807) is 14.1 Å². The third-order valence-corrected chi connectivity index (χ3v) is 5.09. The molecule has 0 saturated heterocycles. The number of aryl methyl sites for hydroxylation is 2. The zero-order chi connectivity index (χ0) is 24.4. The normalized spacial score (nSPS) is 12.5. The average molecular weight is 451 g/mol. The molecule has 0 heterocycles. The van der Waals surface area contributed by atoms with Crippen molar-refractivity contribution in [2.75, 3.05) is 14.1 Å². The highest BCUT2D eigenvalue weighted by Crippen LogP contribution is 2.24. The van der Waals surface area contributed by atoms with Crippen LogP contribution in [0.5, 0.6) is 5.75 Å². The summed E-state index contributed by atoms with van der Waals surface area (Å²) in [5, 5.41) is 0. The largest absolute Gasteiger partial charge is 0.489 e. The van der Waals surface area contributed by atoms with Gasteiger partial charge < -0.3 is 9.47 Å². The number of amides is 1. The smallest absolute Gasteiger partial charge is 0.415 e. The van der Waals surface area contributed by atoms with Crippen LogP contribution in [-0.4, -0.2) is 36.5 Å². The van der Waals surface area contributed by atoms with Crippen molar-refractivity contribution in [3.8, 4) is 5.75 Å². The van der Waals surface area contributed by atoms with Gasteiger partial charge in [-0.2, -0.15) is 0 Å². The third-order valence-electron chi connectivity index (χ3n) is 5.09. The Morgan fingerprint density at radius 1 is 1.12 bits per heavy atom. The lowest BCUT2D eigenvalue weighted by Gasteiger charge is -2.24. The molecule has 0 fully saturated rings. The van der Waals surface area contributed by atoms with Crippen molar-refractivity contribution in [3.05, 3.63) is 76.9 Å². The van der Waals surface area contributed by atoms with Crippen LogP contribution >= 0.6 is 0 Å². The minimum Gasteiger partial charge on any atom is -0.489 e. The molecule has 2 aromatic carbocycles. The first kappa shape index (κ1) is 26.2. The molecule has 5 nitrogen and oxygen atoms in total. The number of allylic oxidation sites excluding steroid dienone is 1. The average Bonchev–Trinajstić information content (AvgIpc) is 2.76. The first-order valence-electron chi connectivity index (χ1n) is 11.5. The number of benzene rings is 2. The number of ether oxygens (including phenoxy) is 2. The summed E-state index contributed by atoms with van der Waals surface area (Å²) >= 11 is 0. The topological polar surface area (TPSA) is 51.1 Å². The van der Waals surface area contributed by atoms with Crippen LogP contribution in [0, 0.1) is 6.92 Å². The molecule has 0 aromatic heterocycles. The van der Waals surface area contributed by atoms with E-state index in [1.807, 2.05) is 45.0 Å². The fourth-order valence-corrected chi connectivity index (χ4v) is 3.37. The molecule has 0 atom stereocenters. The summed E-state index contributed by atoms with van der Waals surface area (Å²) in [5.74, 6) is 1.52. The van der Waals surface area contributed by atoms with Crippen molar-refractivity contribution in [1.29, 1.82) is 0 Å². The van der Waals surface area contributed by atoms with E-state index in [9.17, 15) is 4.79 Å². The Morgan fingerprint density at radius 3 is 2.45 bits per heavy atom. The van der Waals surface area contributed by atoms with E-state index in [0.717, 1.165) is 36.1 Å². The molecule has 0 bridgehead atoms. The number of likely N-dealkylation sites (N-methyl/N-ethyl adjacent to an activating group) is 1. The maximum atomic E-state index is 12.4. The Bertz CT molecular complexity index is 972. The SMILES string of the molecule is CN=C(/C=C(/C)CCCc1cc(C)ccc1OCc1ccccc1)N(C)C(=O)OC(C)(C)C. The van der Waals surface area contributed by atoms with Gasteiger partial charge in [0.15, 0.2) is 0 Å². The van der Waals surface area contributed by atoms with Crippen LogP contribution < -0.4 is 4.74 Å². The molecule has 0 N–H and O–H groups in total. The summed E-state index contributed by atoms with van der Waals surface area (Å²) in [6.45, 7) is 10.3. The highest BCUT2D eigenvalue weighted by molar-refractivity contribution is 6.02. The fourth-order valence-electron chi connectivity index (χ4n) is 3.37. The summed E-state index contributed by atoms with van der Waals surface area (Å²) in [7, 11) is 3.37. The molecule has 33 heavy (non-hydrogen) atoms. The van der Waals surface area contributed by atoms with E-state index < -0.39 is 11.7 Å². The van der Waals surface area contributed by atoms with Crippen molar-refractivity contribution in [2.45, 2.75) is 66.1 Å². The third kappa shape index (κ3) is 9.13. The van der Waals surface area contributed by atoms with Crippen molar-refractivity contribution in [2.24, 2.45) is 4.99 Å². The number of rotatable bonds is 8.